The molecule has 7 heteroatoms. The van der Waals surface area contributed by atoms with Crippen molar-refractivity contribution in [1.29, 1.82) is 0 Å². The number of rotatable bonds is 5. The van der Waals surface area contributed by atoms with E-state index in [-0.39, 0.29) is 21.7 Å². The van der Waals surface area contributed by atoms with E-state index in [4.69, 9.17) is 16.0 Å². The number of halogens is 1. The lowest BCUT2D eigenvalue weighted by Crippen LogP contribution is -2.05. The Balaban J connectivity index is 1.88. The molecule has 0 radical (unpaired) electrons. The SMILES string of the molecule is Cc1cc(C)cc(Nc2oc(-c3ccccc3Cl)nc2S(=O)(=O)c2ccccc2)c1. The summed E-state index contributed by atoms with van der Waals surface area (Å²) in [7, 11) is -3.92. The Bertz CT molecular complexity index is 1300. The lowest BCUT2D eigenvalue weighted by Gasteiger charge is -2.08. The number of nitrogens with zero attached hydrogens (tertiary/aromatic N) is 1. The van der Waals surface area contributed by atoms with Crippen LogP contribution in [0, 0.1) is 13.8 Å². The number of anilines is 2. The summed E-state index contributed by atoms with van der Waals surface area (Å²) >= 11 is 6.28. The highest BCUT2D eigenvalue weighted by molar-refractivity contribution is 7.91. The Hall–Kier alpha value is -3.09. The minimum atomic E-state index is -3.92. The fourth-order valence-corrected chi connectivity index (χ4v) is 4.70. The van der Waals surface area contributed by atoms with E-state index in [1.807, 2.05) is 32.0 Å². The van der Waals surface area contributed by atoms with E-state index in [1.54, 1.807) is 42.5 Å². The van der Waals surface area contributed by atoms with Gasteiger partial charge in [0.05, 0.1) is 15.5 Å². The minimum absolute atomic E-state index is 0.0405. The lowest BCUT2D eigenvalue weighted by molar-refractivity contribution is 0.582. The van der Waals surface area contributed by atoms with Gasteiger partial charge in [0.2, 0.25) is 26.6 Å². The van der Waals surface area contributed by atoms with Gasteiger partial charge in [-0.1, -0.05) is 48.0 Å². The highest BCUT2D eigenvalue weighted by Crippen LogP contribution is 2.36. The second-order valence-corrected chi connectivity index (χ2v) is 9.22. The van der Waals surface area contributed by atoms with Gasteiger partial charge in [-0.25, -0.2) is 8.42 Å². The Morgan fingerprint density at radius 3 is 2.20 bits per heavy atom. The molecule has 4 aromatic rings. The van der Waals surface area contributed by atoms with Gasteiger partial charge in [-0.05, 0) is 61.4 Å². The second-order valence-electron chi connectivity index (χ2n) is 6.95. The van der Waals surface area contributed by atoms with Crippen molar-refractivity contribution in [3.8, 4) is 11.5 Å². The standard InChI is InChI=1S/C23H19ClN2O3S/c1-15-12-16(2)14-17(13-15)25-22-23(30(27,28)18-8-4-3-5-9-18)26-21(29-22)19-10-6-7-11-20(19)24/h3-14,25H,1-2H3. The summed E-state index contributed by atoms with van der Waals surface area (Å²) in [5.74, 6) is 0.167. The van der Waals surface area contributed by atoms with E-state index in [0.717, 1.165) is 11.1 Å². The quantitative estimate of drug-likeness (QED) is 0.402. The molecule has 0 atom stereocenters. The van der Waals surface area contributed by atoms with Crippen molar-refractivity contribution in [2.75, 3.05) is 5.32 Å². The van der Waals surface area contributed by atoms with Crippen molar-refractivity contribution in [2.45, 2.75) is 23.8 Å². The first kappa shape index (κ1) is 20.2. The van der Waals surface area contributed by atoms with Crippen LogP contribution in [0.1, 0.15) is 11.1 Å². The van der Waals surface area contributed by atoms with Crippen molar-refractivity contribution in [3.63, 3.8) is 0 Å². The highest BCUT2D eigenvalue weighted by Gasteiger charge is 2.29. The number of nitrogens with one attached hydrogen (secondary N) is 1. The summed E-state index contributed by atoms with van der Waals surface area (Å²) in [6, 6.07) is 21.0. The van der Waals surface area contributed by atoms with Gasteiger partial charge in [-0.3, -0.25) is 0 Å². The van der Waals surface area contributed by atoms with Crippen molar-refractivity contribution in [1.82, 2.24) is 4.98 Å². The normalized spacial score (nSPS) is 11.4. The number of sulfone groups is 1. The zero-order chi connectivity index (χ0) is 21.3. The van der Waals surface area contributed by atoms with Gasteiger partial charge in [-0.15, -0.1) is 0 Å². The van der Waals surface area contributed by atoms with Crippen molar-refractivity contribution in [3.05, 3.63) is 88.9 Å². The predicted octanol–water partition coefficient (Wildman–Crippen LogP) is 6.19. The average molecular weight is 439 g/mol. The fraction of sp³-hybridized carbons (Fsp3) is 0.0870. The van der Waals surface area contributed by atoms with Crippen LogP contribution < -0.4 is 5.32 Å². The summed E-state index contributed by atoms with van der Waals surface area (Å²) in [5, 5.41) is 3.31. The molecule has 0 unspecified atom stereocenters. The van der Waals surface area contributed by atoms with Crippen LogP contribution >= 0.6 is 11.6 Å². The van der Waals surface area contributed by atoms with Crippen molar-refractivity contribution >= 4 is 33.0 Å². The molecule has 0 aliphatic carbocycles. The summed E-state index contributed by atoms with van der Waals surface area (Å²) in [5.41, 5.74) is 3.29. The molecule has 0 fully saturated rings. The Morgan fingerprint density at radius 2 is 1.53 bits per heavy atom. The van der Waals surface area contributed by atoms with Crippen LogP contribution in [-0.2, 0) is 9.84 Å². The third-order valence-corrected chi connectivity index (χ3v) is 6.50. The Kier molecular flexibility index (Phi) is 5.37. The van der Waals surface area contributed by atoms with Gasteiger partial charge < -0.3 is 9.73 Å². The number of benzene rings is 3. The zero-order valence-electron chi connectivity index (χ0n) is 16.4. The first-order chi connectivity index (χ1) is 14.3. The van der Waals surface area contributed by atoms with Crippen LogP contribution in [-0.4, -0.2) is 13.4 Å². The predicted molar refractivity (Wildman–Crippen MR) is 118 cm³/mol. The van der Waals surface area contributed by atoms with Gasteiger partial charge in [0.1, 0.15) is 0 Å². The van der Waals surface area contributed by atoms with E-state index in [2.05, 4.69) is 10.3 Å². The minimum Gasteiger partial charge on any atom is -0.419 e. The van der Waals surface area contributed by atoms with Crippen LogP contribution in [0.4, 0.5) is 11.6 Å². The maximum Gasteiger partial charge on any atom is 0.238 e. The fourth-order valence-electron chi connectivity index (χ4n) is 3.21. The number of aryl methyl sites for hydroxylation is 2. The summed E-state index contributed by atoms with van der Waals surface area (Å²) in [6.07, 6.45) is 0. The second kappa shape index (κ2) is 7.97. The first-order valence-electron chi connectivity index (χ1n) is 9.26. The number of hydrogen-bond acceptors (Lipinski definition) is 5. The molecule has 0 bridgehead atoms. The molecule has 0 saturated carbocycles. The third-order valence-electron chi connectivity index (χ3n) is 4.49. The highest BCUT2D eigenvalue weighted by atomic mass is 35.5. The maximum atomic E-state index is 13.3. The molecule has 1 N–H and O–H groups in total. The molecule has 0 aliphatic heterocycles. The Labute approximate surface area is 180 Å². The van der Waals surface area contributed by atoms with E-state index < -0.39 is 9.84 Å². The monoisotopic (exact) mass is 438 g/mol. The summed E-state index contributed by atoms with van der Waals surface area (Å²) in [4.78, 5) is 4.46. The third kappa shape index (κ3) is 3.97. The number of oxazole rings is 1. The van der Waals surface area contributed by atoms with Gasteiger partial charge in [0.25, 0.3) is 0 Å². The van der Waals surface area contributed by atoms with Gasteiger partial charge in [-0.2, -0.15) is 4.98 Å². The largest absolute Gasteiger partial charge is 0.419 e. The molecule has 152 valence electrons. The van der Waals surface area contributed by atoms with Crippen molar-refractivity contribution in [2.24, 2.45) is 0 Å². The molecular weight excluding hydrogens is 420 g/mol. The van der Waals surface area contributed by atoms with E-state index in [1.165, 1.54) is 12.1 Å². The Morgan fingerprint density at radius 1 is 0.900 bits per heavy atom. The van der Waals surface area contributed by atoms with Gasteiger partial charge in [0.15, 0.2) is 0 Å². The average Bonchev–Trinajstić information content (AvgIpc) is 3.12. The lowest BCUT2D eigenvalue weighted by atomic mass is 10.1. The number of aromatic nitrogens is 1. The van der Waals surface area contributed by atoms with Crippen LogP contribution in [0.2, 0.25) is 5.02 Å². The van der Waals surface area contributed by atoms with E-state index in [9.17, 15) is 8.42 Å². The number of hydrogen-bond donors (Lipinski definition) is 1. The summed E-state index contributed by atoms with van der Waals surface area (Å²) in [6.45, 7) is 3.94. The molecule has 0 aliphatic rings. The molecule has 0 saturated heterocycles. The summed E-state index contributed by atoms with van der Waals surface area (Å²) < 4.78 is 32.5. The first-order valence-corrected chi connectivity index (χ1v) is 11.1. The zero-order valence-corrected chi connectivity index (χ0v) is 18.0. The molecule has 0 spiro atoms. The van der Waals surface area contributed by atoms with Crippen LogP contribution in [0.15, 0.2) is 87.1 Å². The van der Waals surface area contributed by atoms with E-state index in [0.29, 0.717) is 16.3 Å². The molecular formula is C23H19ClN2O3S. The molecule has 1 heterocycles. The van der Waals surface area contributed by atoms with E-state index >= 15 is 0 Å². The molecule has 0 amide bonds. The van der Waals surface area contributed by atoms with Crippen molar-refractivity contribution < 1.29 is 12.8 Å². The van der Waals surface area contributed by atoms with Crippen LogP contribution in [0.5, 0.6) is 0 Å². The molecule has 4 rings (SSSR count). The maximum absolute atomic E-state index is 13.3. The van der Waals surface area contributed by atoms with Crippen LogP contribution in [0.25, 0.3) is 11.5 Å². The van der Waals surface area contributed by atoms with Gasteiger partial charge in [0, 0.05) is 5.69 Å². The molecule has 5 nitrogen and oxygen atoms in total. The van der Waals surface area contributed by atoms with Gasteiger partial charge >= 0.3 is 0 Å². The topological polar surface area (TPSA) is 72.2 Å². The molecule has 3 aromatic carbocycles. The molecule has 1 aromatic heterocycles. The smallest absolute Gasteiger partial charge is 0.238 e. The molecule has 30 heavy (non-hydrogen) atoms. The van der Waals surface area contributed by atoms with Crippen LogP contribution in [0.3, 0.4) is 0 Å².